The van der Waals surface area contributed by atoms with Crippen LogP contribution in [0.4, 0.5) is 0 Å². The van der Waals surface area contributed by atoms with Crippen LogP contribution in [0.1, 0.15) is 110 Å². The summed E-state index contributed by atoms with van der Waals surface area (Å²) in [6.45, 7) is 2.28. The SMILES string of the molecule is CCCCCCCCCCCCCCCCCC(=O)NC=C1C=CC=CN1.Cl. The number of nitrogens with one attached hydrogen (secondary N) is 2. The van der Waals surface area contributed by atoms with Gasteiger partial charge in [0.15, 0.2) is 0 Å². The Balaban J connectivity index is 0.00000729. The molecule has 1 heterocycles. The fraction of sp³-hybridized carbons (Fsp3) is 0.708. The molecule has 4 heteroatoms. The zero-order valence-electron chi connectivity index (χ0n) is 18.0. The fourth-order valence-electron chi connectivity index (χ4n) is 3.38. The molecule has 1 rings (SSSR count). The van der Waals surface area contributed by atoms with Crippen LogP contribution < -0.4 is 10.6 Å². The minimum Gasteiger partial charge on any atom is -0.361 e. The molecule has 3 nitrogen and oxygen atoms in total. The van der Waals surface area contributed by atoms with Crippen molar-refractivity contribution in [3.63, 3.8) is 0 Å². The first-order valence-electron chi connectivity index (χ1n) is 11.4. The maximum absolute atomic E-state index is 11.8. The highest BCUT2D eigenvalue weighted by Crippen LogP contribution is 2.13. The lowest BCUT2D eigenvalue weighted by Gasteiger charge is -2.06. The lowest BCUT2D eigenvalue weighted by molar-refractivity contribution is -0.120. The Hall–Kier alpha value is -1.22. The van der Waals surface area contributed by atoms with E-state index in [0.29, 0.717) is 6.42 Å². The van der Waals surface area contributed by atoms with Crippen molar-refractivity contribution in [1.29, 1.82) is 0 Å². The van der Waals surface area contributed by atoms with Crippen LogP contribution in [0.15, 0.2) is 36.3 Å². The molecule has 1 aliphatic heterocycles. The number of carbonyl (C=O) groups is 1. The summed E-state index contributed by atoms with van der Waals surface area (Å²) in [5, 5.41) is 5.93. The van der Waals surface area contributed by atoms with Gasteiger partial charge >= 0.3 is 0 Å². The molecule has 0 aromatic rings. The summed E-state index contributed by atoms with van der Waals surface area (Å²) >= 11 is 0. The smallest absolute Gasteiger partial charge is 0.223 e. The quantitative estimate of drug-likeness (QED) is 0.247. The predicted molar refractivity (Wildman–Crippen MR) is 124 cm³/mol. The van der Waals surface area contributed by atoms with Crippen molar-refractivity contribution in [3.05, 3.63) is 36.3 Å². The van der Waals surface area contributed by atoms with Crippen LogP contribution in [0.5, 0.6) is 0 Å². The molecule has 0 unspecified atom stereocenters. The number of hydrogen-bond acceptors (Lipinski definition) is 2. The molecule has 162 valence electrons. The van der Waals surface area contributed by atoms with Gasteiger partial charge in [0.05, 0.1) is 5.70 Å². The van der Waals surface area contributed by atoms with E-state index >= 15 is 0 Å². The molecule has 0 saturated heterocycles. The van der Waals surface area contributed by atoms with E-state index in [4.69, 9.17) is 0 Å². The highest BCUT2D eigenvalue weighted by Gasteiger charge is 2.00. The van der Waals surface area contributed by atoms with E-state index < -0.39 is 0 Å². The van der Waals surface area contributed by atoms with Crippen molar-refractivity contribution in [1.82, 2.24) is 10.6 Å². The zero-order chi connectivity index (χ0) is 19.4. The van der Waals surface area contributed by atoms with E-state index in [1.807, 2.05) is 24.4 Å². The number of dihydropyridines is 1. The second kappa shape index (κ2) is 20.5. The minimum atomic E-state index is 0. The number of allylic oxidation sites excluding steroid dienone is 3. The summed E-state index contributed by atoms with van der Waals surface area (Å²) in [6, 6.07) is 0. The Morgan fingerprint density at radius 1 is 0.821 bits per heavy atom. The standard InChI is InChI=1S/C24H42N2O.ClH/c1-2-3-4-5-6-7-8-9-10-11-12-13-14-15-16-20-24(27)26-22-23-19-17-18-21-25-23;/h17-19,21-22,25H,2-16,20H2,1H3,(H,26,27);1H. The average Bonchev–Trinajstić information content (AvgIpc) is 2.70. The Morgan fingerprint density at radius 2 is 1.32 bits per heavy atom. The third-order valence-corrected chi connectivity index (χ3v) is 5.13. The molecule has 28 heavy (non-hydrogen) atoms. The van der Waals surface area contributed by atoms with Gasteiger partial charge in [-0.25, -0.2) is 0 Å². The van der Waals surface area contributed by atoms with Gasteiger partial charge in [-0.2, -0.15) is 0 Å². The van der Waals surface area contributed by atoms with Gasteiger partial charge in [-0.05, 0) is 18.6 Å². The number of hydrogen-bond donors (Lipinski definition) is 2. The second-order valence-electron chi connectivity index (χ2n) is 7.73. The number of rotatable bonds is 17. The first-order chi connectivity index (χ1) is 13.3. The van der Waals surface area contributed by atoms with Gasteiger partial charge in [0, 0.05) is 18.8 Å². The molecule has 2 N–H and O–H groups in total. The highest BCUT2D eigenvalue weighted by molar-refractivity contribution is 5.85. The normalized spacial score (nSPS) is 14.0. The van der Waals surface area contributed by atoms with Gasteiger partial charge in [0.1, 0.15) is 0 Å². The summed E-state index contributed by atoms with van der Waals surface area (Å²) in [6.07, 6.45) is 30.3. The minimum absolute atomic E-state index is 0. The van der Waals surface area contributed by atoms with Crippen LogP contribution in [0.25, 0.3) is 0 Å². The average molecular weight is 411 g/mol. The lowest BCUT2D eigenvalue weighted by atomic mass is 10.0. The fourth-order valence-corrected chi connectivity index (χ4v) is 3.38. The molecule has 0 aromatic heterocycles. The summed E-state index contributed by atoms with van der Waals surface area (Å²) in [5.41, 5.74) is 0.919. The van der Waals surface area contributed by atoms with Crippen molar-refractivity contribution in [2.45, 2.75) is 110 Å². The van der Waals surface area contributed by atoms with E-state index in [1.165, 1.54) is 89.9 Å². The van der Waals surface area contributed by atoms with Crippen LogP contribution in [-0.4, -0.2) is 5.91 Å². The molecule has 0 atom stereocenters. The predicted octanol–water partition coefficient (Wildman–Crippen LogP) is 7.30. The molecule has 0 radical (unpaired) electrons. The lowest BCUT2D eigenvalue weighted by Crippen LogP contribution is -2.19. The number of unbranched alkanes of at least 4 members (excludes halogenated alkanes) is 14. The van der Waals surface area contributed by atoms with E-state index in [2.05, 4.69) is 17.6 Å². The van der Waals surface area contributed by atoms with E-state index in [9.17, 15) is 4.79 Å². The number of amides is 1. The first-order valence-corrected chi connectivity index (χ1v) is 11.4. The molecule has 0 aromatic carbocycles. The summed E-state index contributed by atoms with van der Waals surface area (Å²) in [7, 11) is 0. The Kier molecular flexibility index (Phi) is 19.6. The Labute approximate surface area is 179 Å². The van der Waals surface area contributed by atoms with Crippen molar-refractivity contribution in [2.75, 3.05) is 0 Å². The zero-order valence-corrected chi connectivity index (χ0v) is 18.8. The summed E-state index contributed by atoms with van der Waals surface area (Å²) in [4.78, 5) is 11.8. The molecule has 1 amide bonds. The molecule has 0 fully saturated rings. The van der Waals surface area contributed by atoms with E-state index in [1.54, 1.807) is 6.20 Å². The third-order valence-electron chi connectivity index (χ3n) is 5.13. The van der Waals surface area contributed by atoms with Gasteiger partial charge in [-0.3, -0.25) is 4.79 Å². The number of carbonyl (C=O) groups excluding carboxylic acids is 1. The monoisotopic (exact) mass is 410 g/mol. The van der Waals surface area contributed by atoms with Crippen molar-refractivity contribution < 1.29 is 4.79 Å². The van der Waals surface area contributed by atoms with Crippen LogP contribution in [0.2, 0.25) is 0 Å². The maximum Gasteiger partial charge on any atom is 0.223 e. The van der Waals surface area contributed by atoms with Gasteiger partial charge in [-0.1, -0.05) is 103 Å². The molecular weight excluding hydrogens is 368 g/mol. The molecule has 0 aliphatic carbocycles. The molecule has 0 saturated carbocycles. The van der Waals surface area contributed by atoms with Crippen LogP contribution in [0, 0.1) is 0 Å². The first kappa shape index (κ1) is 26.8. The largest absolute Gasteiger partial charge is 0.361 e. The highest BCUT2D eigenvalue weighted by atomic mass is 35.5. The summed E-state index contributed by atoms with van der Waals surface area (Å²) in [5.74, 6) is 0.113. The topological polar surface area (TPSA) is 41.1 Å². The molecule has 1 aliphatic rings. The van der Waals surface area contributed by atoms with Crippen molar-refractivity contribution in [3.8, 4) is 0 Å². The molecule has 0 bridgehead atoms. The maximum atomic E-state index is 11.8. The number of halogens is 1. The van der Waals surface area contributed by atoms with Gasteiger partial charge in [0.25, 0.3) is 0 Å². The van der Waals surface area contributed by atoms with Gasteiger partial charge < -0.3 is 10.6 Å². The molecule has 0 spiro atoms. The Morgan fingerprint density at radius 3 is 1.79 bits per heavy atom. The van der Waals surface area contributed by atoms with E-state index in [0.717, 1.165) is 12.1 Å². The van der Waals surface area contributed by atoms with E-state index in [-0.39, 0.29) is 18.3 Å². The molecular formula is C24H43ClN2O. The van der Waals surface area contributed by atoms with Gasteiger partial charge in [-0.15, -0.1) is 12.4 Å². The van der Waals surface area contributed by atoms with Crippen LogP contribution in [0.3, 0.4) is 0 Å². The van der Waals surface area contributed by atoms with Crippen molar-refractivity contribution in [2.24, 2.45) is 0 Å². The van der Waals surface area contributed by atoms with Crippen LogP contribution >= 0.6 is 12.4 Å². The van der Waals surface area contributed by atoms with Gasteiger partial charge in [0.2, 0.25) is 5.91 Å². The third kappa shape index (κ3) is 16.9. The van der Waals surface area contributed by atoms with Crippen molar-refractivity contribution >= 4 is 18.3 Å². The Bertz CT molecular complexity index is 458. The second-order valence-corrected chi connectivity index (χ2v) is 7.73. The van der Waals surface area contributed by atoms with Crippen LogP contribution in [-0.2, 0) is 4.79 Å². The summed E-state index contributed by atoms with van der Waals surface area (Å²) < 4.78 is 0.